The van der Waals surface area contributed by atoms with Crippen molar-refractivity contribution in [1.29, 1.82) is 0 Å². The van der Waals surface area contributed by atoms with E-state index in [1.807, 2.05) is 25.1 Å². The van der Waals surface area contributed by atoms with Gasteiger partial charge >= 0.3 is 0 Å². The summed E-state index contributed by atoms with van der Waals surface area (Å²) in [6.45, 7) is 5.44. The van der Waals surface area contributed by atoms with Crippen LogP contribution in [0.4, 0.5) is 11.4 Å². The summed E-state index contributed by atoms with van der Waals surface area (Å²) in [5.74, 6) is -0.0495. The minimum atomic E-state index is -0.212. The van der Waals surface area contributed by atoms with Gasteiger partial charge in [0.2, 0.25) is 5.91 Å². The molecule has 1 fully saturated rings. The summed E-state index contributed by atoms with van der Waals surface area (Å²) in [5.41, 5.74) is 1.85. The van der Waals surface area contributed by atoms with Gasteiger partial charge in [-0.15, -0.1) is 0 Å². The molecule has 25 heavy (non-hydrogen) atoms. The second-order valence-electron chi connectivity index (χ2n) is 6.18. The Bertz CT molecular complexity index is 710. The van der Waals surface area contributed by atoms with Crippen LogP contribution in [0, 0.1) is 0 Å². The van der Waals surface area contributed by atoms with Crippen molar-refractivity contribution in [3.8, 4) is 0 Å². The maximum absolute atomic E-state index is 12.5. The molecule has 1 N–H and O–H groups in total. The van der Waals surface area contributed by atoms with Crippen molar-refractivity contribution in [3.63, 3.8) is 0 Å². The monoisotopic (exact) mass is 377 g/mol. The van der Waals surface area contributed by atoms with Gasteiger partial charge in [0.1, 0.15) is 0 Å². The number of carbonyl (C=O) groups is 1. The highest BCUT2D eigenvalue weighted by molar-refractivity contribution is 6.35. The first kappa shape index (κ1) is 18.1. The molecule has 1 aliphatic heterocycles. The van der Waals surface area contributed by atoms with Gasteiger partial charge < -0.3 is 10.2 Å². The van der Waals surface area contributed by atoms with Crippen molar-refractivity contribution in [3.05, 3.63) is 58.6 Å². The number of nitrogens with one attached hydrogen (secondary N) is 1. The van der Waals surface area contributed by atoms with Crippen LogP contribution in [-0.4, -0.2) is 43.0 Å². The maximum atomic E-state index is 12.5. The van der Waals surface area contributed by atoms with Gasteiger partial charge in [0.05, 0.1) is 6.04 Å². The highest BCUT2D eigenvalue weighted by Crippen LogP contribution is 2.23. The second kappa shape index (κ2) is 8.09. The van der Waals surface area contributed by atoms with Crippen LogP contribution in [0.15, 0.2) is 48.5 Å². The van der Waals surface area contributed by atoms with Crippen LogP contribution in [0.1, 0.15) is 6.92 Å². The molecule has 1 atom stereocenters. The zero-order valence-electron chi connectivity index (χ0n) is 14.1. The second-order valence-corrected chi connectivity index (χ2v) is 7.05. The van der Waals surface area contributed by atoms with E-state index in [0.717, 1.165) is 26.2 Å². The Morgan fingerprint density at radius 3 is 2.20 bits per heavy atom. The van der Waals surface area contributed by atoms with Crippen molar-refractivity contribution in [2.75, 3.05) is 36.4 Å². The fourth-order valence-electron chi connectivity index (χ4n) is 3.04. The molecule has 2 aromatic rings. The first-order chi connectivity index (χ1) is 12.0. The fourth-order valence-corrected chi connectivity index (χ4v) is 3.57. The Balaban J connectivity index is 1.56. The standard InChI is InChI=1S/C19H21Cl2N3O/c1-14(19(25)22-17-12-15(20)11-16(21)13-17)23-7-9-24(10-8-23)18-5-3-2-4-6-18/h2-6,11-14H,7-10H2,1H3,(H,22,25). The number of hydrogen-bond acceptors (Lipinski definition) is 3. The van der Waals surface area contributed by atoms with E-state index in [-0.39, 0.29) is 11.9 Å². The Morgan fingerprint density at radius 1 is 1.00 bits per heavy atom. The van der Waals surface area contributed by atoms with Crippen molar-refractivity contribution >= 4 is 40.5 Å². The molecular formula is C19H21Cl2N3O. The molecule has 1 amide bonds. The van der Waals surface area contributed by atoms with Crippen molar-refractivity contribution in [1.82, 2.24) is 4.90 Å². The Hall–Kier alpha value is -1.75. The Kier molecular flexibility index (Phi) is 5.84. The van der Waals surface area contributed by atoms with Crippen LogP contribution in [-0.2, 0) is 4.79 Å². The number of para-hydroxylation sites is 1. The molecule has 0 saturated carbocycles. The van der Waals surface area contributed by atoms with E-state index in [0.29, 0.717) is 15.7 Å². The summed E-state index contributed by atoms with van der Waals surface area (Å²) in [5, 5.41) is 3.91. The molecule has 1 unspecified atom stereocenters. The third kappa shape index (κ3) is 4.66. The smallest absolute Gasteiger partial charge is 0.241 e. The Labute approximate surface area is 158 Å². The maximum Gasteiger partial charge on any atom is 0.241 e. The van der Waals surface area contributed by atoms with E-state index < -0.39 is 0 Å². The third-order valence-corrected chi connectivity index (χ3v) is 4.93. The Morgan fingerprint density at radius 2 is 1.60 bits per heavy atom. The molecule has 0 spiro atoms. The molecule has 0 radical (unpaired) electrons. The summed E-state index contributed by atoms with van der Waals surface area (Å²) < 4.78 is 0. The van der Waals surface area contributed by atoms with Crippen LogP contribution in [0.5, 0.6) is 0 Å². The van der Waals surface area contributed by atoms with Gasteiger partial charge in [-0.2, -0.15) is 0 Å². The largest absolute Gasteiger partial charge is 0.369 e. The normalized spacial score (nSPS) is 16.5. The SMILES string of the molecule is CC(C(=O)Nc1cc(Cl)cc(Cl)c1)N1CCN(c2ccccc2)CC1. The number of carbonyl (C=O) groups excluding carboxylic acids is 1. The zero-order valence-corrected chi connectivity index (χ0v) is 15.6. The molecule has 6 heteroatoms. The van der Waals surface area contributed by atoms with Gasteiger partial charge in [-0.3, -0.25) is 9.69 Å². The summed E-state index contributed by atoms with van der Waals surface area (Å²) in [7, 11) is 0. The van der Waals surface area contributed by atoms with Crippen molar-refractivity contribution < 1.29 is 4.79 Å². The zero-order chi connectivity index (χ0) is 17.8. The number of piperazine rings is 1. The average Bonchev–Trinajstić information content (AvgIpc) is 2.61. The first-order valence-electron chi connectivity index (χ1n) is 8.34. The van der Waals surface area contributed by atoms with Gasteiger partial charge in [0, 0.05) is 47.6 Å². The lowest BCUT2D eigenvalue weighted by Crippen LogP contribution is -2.52. The van der Waals surface area contributed by atoms with Gasteiger partial charge in [-0.25, -0.2) is 0 Å². The van der Waals surface area contributed by atoms with Gasteiger partial charge in [0.15, 0.2) is 0 Å². The number of amides is 1. The van der Waals surface area contributed by atoms with Crippen LogP contribution in [0.25, 0.3) is 0 Å². The van der Waals surface area contributed by atoms with Crippen LogP contribution < -0.4 is 10.2 Å². The van der Waals surface area contributed by atoms with E-state index >= 15 is 0 Å². The van der Waals surface area contributed by atoms with Crippen LogP contribution >= 0.6 is 23.2 Å². The van der Waals surface area contributed by atoms with Gasteiger partial charge in [-0.05, 0) is 37.3 Å². The molecular weight excluding hydrogens is 357 g/mol. The molecule has 2 aromatic carbocycles. The summed E-state index contributed by atoms with van der Waals surface area (Å²) >= 11 is 12.0. The topological polar surface area (TPSA) is 35.6 Å². The molecule has 1 saturated heterocycles. The molecule has 4 nitrogen and oxygen atoms in total. The minimum Gasteiger partial charge on any atom is -0.369 e. The predicted molar refractivity (Wildman–Crippen MR) is 105 cm³/mol. The lowest BCUT2D eigenvalue weighted by molar-refractivity contribution is -0.120. The lowest BCUT2D eigenvalue weighted by Gasteiger charge is -2.38. The number of nitrogens with zero attached hydrogens (tertiary/aromatic N) is 2. The minimum absolute atomic E-state index is 0.0495. The molecule has 1 heterocycles. The molecule has 1 aliphatic rings. The summed E-state index contributed by atoms with van der Waals surface area (Å²) in [4.78, 5) is 17.1. The number of rotatable bonds is 4. The lowest BCUT2D eigenvalue weighted by atomic mass is 10.2. The van der Waals surface area contributed by atoms with E-state index in [2.05, 4.69) is 27.2 Å². The number of benzene rings is 2. The highest BCUT2D eigenvalue weighted by Gasteiger charge is 2.25. The molecule has 0 bridgehead atoms. The molecule has 0 aromatic heterocycles. The average molecular weight is 378 g/mol. The highest BCUT2D eigenvalue weighted by atomic mass is 35.5. The number of hydrogen-bond donors (Lipinski definition) is 1. The predicted octanol–water partition coefficient (Wildman–Crippen LogP) is 4.14. The first-order valence-corrected chi connectivity index (χ1v) is 9.09. The van der Waals surface area contributed by atoms with E-state index in [1.165, 1.54) is 5.69 Å². The molecule has 3 rings (SSSR count). The van der Waals surface area contributed by atoms with Crippen LogP contribution in [0.2, 0.25) is 10.0 Å². The number of anilines is 2. The van der Waals surface area contributed by atoms with Gasteiger partial charge in [0.25, 0.3) is 0 Å². The van der Waals surface area contributed by atoms with E-state index in [4.69, 9.17) is 23.2 Å². The summed E-state index contributed by atoms with van der Waals surface area (Å²) in [6, 6.07) is 15.2. The van der Waals surface area contributed by atoms with Crippen LogP contribution in [0.3, 0.4) is 0 Å². The third-order valence-electron chi connectivity index (χ3n) is 4.49. The molecule has 132 valence electrons. The van der Waals surface area contributed by atoms with E-state index in [9.17, 15) is 4.79 Å². The van der Waals surface area contributed by atoms with Gasteiger partial charge in [-0.1, -0.05) is 41.4 Å². The number of halogens is 2. The molecule has 0 aliphatic carbocycles. The van der Waals surface area contributed by atoms with Crippen molar-refractivity contribution in [2.24, 2.45) is 0 Å². The summed E-state index contributed by atoms with van der Waals surface area (Å²) in [6.07, 6.45) is 0. The van der Waals surface area contributed by atoms with E-state index in [1.54, 1.807) is 18.2 Å². The van der Waals surface area contributed by atoms with Crippen molar-refractivity contribution in [2.45, 2.75) is 13.0 Å². The quantitative estimate of drug-likeness (QED) is 0.869. The fraction of sp³-hybridized carbons (Fsp3) is 0.316.